The van der Waals surface area contributed by atoms with Gasteiger partial charge in [-0.25, -0.2) is 14.2 Å². The minimum Gasteiger partial charge on any atom is -0.464 e. The van der Waals surface area contributed by atoms with Gasteiger partial charge in [-0.3, -0.25) is 4.79 Å². The molecule has 8 heteroatoms. The van der Waals surface area contributed by atoms with Gasteiger partial charge in [0.15, 0.2) is 5.69 Å². The highest BCUT2D eigenvalue weighted by Gasteiger charge is 2.22. The maximum atomic E-state index is 14.2. The normalized spacial score (nSPS) is 10.3. The molecule has 0 unspecified atom stereocenters. The Morgan fingerprint density at radius 1 is 1.35 bits per heavy atom. The molecular weight excluding hydrogens is 391 g/mol. The Kier molecular flexibility index (Phi) is 5.33. The lowest BCUT2D eigenvalue weighted by molar-refractivity contribution is -0.114. The van der Waals surface area contributed by atoms with E-state index in [-0.39, 0.29) is 27.5 Å². The third-order valence-electron chi connectivity index (χ3n) is 2.92. The first-order valence-electron chi connectivity index (χ1n) is 6.35. The van der Waals surface area contributed by atoms with Crippen LogP contribution in [0.1, 0.15) is 17.4 Å². The van der Waals surface area contributed by atoms with Gasteiger partial charge in [0.05, 0.1) is 17.8 Å². The number of ether oxygens (including phenoxy) is 1. The van der Waals surface area contributed by atoms with Crippen molar-refractivity contribution in [2.45, 2.75) is 6.92 Å². The van der Waals surface area contributed by atoms with Crippen molar-refractivity contribution in [2.24, 2.45) is 0 Å². The summed E-state index contributed by atoms with van der Waals surface area (Å²) in [5.41, 5.74) is 0.362. The van der Waals surface area contributed by atoms with Crippen molar-refractivity contribution >= 4 is 45.1 Å². The van der Waals surface area contributed by atoms with Gasteiger partial charge in [-0.2, -0.15) is 0 Å². The number of carbonyl (C=O) groups excluding carboxylic acids is 2. The fraction of sp³-hybridized carbons (Fsp3) is 0.133. The molecule has 1 aromatic carbocycles. The van der Waals surface area contributed by atoms with Gasteiger partial charge in [0.1, 0.15) is 5.82 Å². The molecule has 2 rings (SSSR count). The zero-order valence-electron chi connectivity index (χ0n) is 12.1. The Balaban J connectivity index is 2.70. The number of esters is 1. The topological polar surface area (TPSA) is 68.3 Å². The van der Waals surface area contributed by atoms with Crippen LogP contribution in [0.25, 0.3) is 11.1 Å². The number of hydrogen-bond donors (Lipinski definition) is 1. The number of halogens is 3. The zero-order chi connectivity index (χ0) is 17.1. The zero-order valence-corrected chi connectivity index (χ0v) is 14.5. The molecule has 1 heterocycles. The fourth-order valence-corrected chi connectivity index (χ4v) is 2.54. The molecule has 0 aliphatic heterocycles. The number of anilines is 1. The molecule has 0 saturated carbocycles. The lowest BCUT2D eigenvalue weighted by atomic mass is 10.0. The van der Waals surface area contributed by atoms with E-state index in [1.807, 2.05) is 0 Å². The summed E-state index contributed by atoms with van der Waals surface area (Å²) < 4.78 is 19.3. The number of methoxy groups -OCH3 is 1. The van der Waals surface area contributed by atoms with E-state index < -0.39 is 17.7 Å². The van der Waals surface area contributed by atoms with Crippen LogP contribution in [0.5, 0.6) is 0 Å². The summed E-state index contributed by atoms with van der Waals surface area (Å²) in [6, 6.07) is 4.42. The van der Waals surface area contributed by atoms with Crippen LogP contribution in [-0.2, 0) is 9.53 Å². The largest absolute Gasteiger partial charge is 0.464 e. The van der Waals surface area contributed by atoms with Gasteiger partial charge in [0.25, 0.3) is 0 Å². The third-order valence-corrected chi connectivity index (χ3v) is 3.78. The third kappa shape index (κ3) is 3.68. The predicted molar refractivity (Wildman–Crippen MR) is 88.0 cm³/mol. The van der Waals surface area contributed by atoms with E-state index in [1.165, 1.54) is 32.4 Å². The molecule has 2 aromatic rings. The Bertz CT molecular complexity index is 799. The molecular formula is C15H11BrClFN2O3. The van der Waals surface area contributed by atoms with Crippen LogP contribution in [-0.4, -0.2) is 24.0 Å². The van der Waals surface area contributed by atoms with E-state index in [9.17, 15) is 14.0 Å². The van der Waals surface area contributed by atoms with E-state index >= 15 is 0 Å². The lowest BCUT2D eigenvalue weighted by Crippen LogP contribution is -2.12. The number of rotatable bonds is 3. The number of benzene rings is 1. The average molecular weight is 402 g/mol. The van der Waals surface area contributed by atoms with Gasteiger partial charge in [-0.15, -0.1) is 0 Å². The first kappa shape index (κ1) is 17.4. The van der Waals surface area contributed by atoms with Crippen molar-refractivity contribution in [3.8, 4) is 11.1 Å². The summed E-state index contributed by atoms with van der Waals surface area (Å²) >= 11 is 9.32. The molecule has 1 N–H and O–H groups in total. The van der Waals surface area contributed by atoms with Gasteiger partial charge in [-0.05, 0) is 12.1 Å². The van der Waals surface area contributed by atoms with Crippen LogP contribution in [0.15, 0.2) is 28.9 Å². The molecule has 5 nitrogen and oxygen atoms in total. The first-order chi connectivity index (χ1) is 10.8. The molecule has 0 fully saturated rings. The Morgan fingerprint density at radius 3 is 2.61 bits per heavy atom. The van der Waals surface area contributed by atoms with Gasteiger partial charge in [-0.1, -0.05) is 33.6 Å². The number of pyridine rings is 1. The second-order valence-electron chi connectivity index (χ2n) is 4.51. The smallest absolute Gasteiger partial charge is 0.358 e. The van der Waals surface area contributed by atoms with Crippen LogP contribution in [0.3, 0.4) is 0 Å². The van der Waals surface area contributed by atoms with Crippen LogP contribution in [0, 0.1) is 5.82 Å². The molecule has 120 valence electrons. The monoisotopic (exact) mass is 400 g/mol. The van der Waals surface area contributed by atoms with E-state index in [1.54, 1.807) is 6.07 Å². The summed E-state index contributed by atoms with van der Waals surface area (Å²) in [4.78, 5) is 27.0. The van der Waals surface area contributed by atoms with Crippen molar-refractivity contribution in [1.29, 1.82) is 0 Å². The average Bonchev–Trinajstić information content (AvgIpc) is 2.49. The Morgan fingerprint density at radius 2 is 2.04 bits per heavy atom. The summed E-state index contributed by atoms with van der Waals surface area (Å²) in [5, 5.41) is 2.39. The number of carbonyl (C=O) groups is 2. The number of hydrogen-bond acceptors (Lipinski definition) is 4. The minimum atomic E-state index is -0.760. The van der Waals surface area contributed by atoms with Crippen LogP contribution in [0.4, 0.5) is 10.1 Å². The Hall–Kier alpha value is -1.99. The minimum absolute atomic E-state index is 0.0933. The maximum Gasteiger partial charge on any atom is 0.358 e. The van der Waals surface area contributed by atoms with E-state index in [2.05, 4.69) is 31.0 Å². The predicted octanol–water partition coefficient (Wildman–Crippen LogP) is 4.05. The standard InChI is InChI=1S/C15H11BrClFN2O3/c1-7(21)20-13-10(9-4-3-8(16)5-11(9)18)6-19-14(12(13)17)15(22)23-2/h3-6H,1-2H3,(H,19,20,21). The number of amides is 1. The maximum absolute atomic E-state index is 14.2. The number of nitrogens with one attached hydrogen (secondary N) is 1. The molecule has 0 spiro atoms. The van der Waals surface area contributed by atoms with Crippen LogP contribution in [0.2, 0.25) is 5.02 Å². The van der Waals surface area contributed by atoms with Crippen molar-refractivity contribution < 1.29 is 18.7 Å². The molecule has 23 heavy (non-hydrogen) atoms. The van der Waals surface area contributed by atoms with Crippen molar-refractivity contribution in [2.75, 3.05) is 12.4 Å². The van der Waals surface area contributed by atoms with Crippen LogP contribution >= 0.6 is 27.5 Å². The fourth-order valence-electron chi connectivity index (χ4n) is 1.94. The lowest BCUT2D eigenvalue weighted by Gasteiger charge is -2.14. The molecule has 0 aliphatic carbocycles. The summed E-state index contributed by atoms with van der Waals surface area (Å²) in [5.74, 6) is -1.72. The van der Waals surface area contributed by atoms with Gasteiger partial charge in [0, 0.05) is 28.7 Å². The molecule has 1 amide bonds. The van der Waals surface area contributed by atoms with Crippen LogP contribution < -0.4 is 5.32 Å². The second-order valence-corrected chi connectivity index (χ2v) is 5.80. The van der Waals surface area contributed by atoms with Crippen molar-refractivity contribution in [1.82, 2.24) is 4.98 Å². The molecule has 0 radical (unpaired) electrons. The van der Waals surface area contributed by atoms with Gasteiger partial charge < -0.3 is 10.1 Å². The van der Waals surface area contributed by atoms with Crippen molar-refractivity contribution in [3.05, 3.63) is 45.4 Å². The molecule has 1 aromatic heterocycles. The van der Waals surface area contributed by atoms with Gasteiger partial charge in [0.2, 0.25) is 5.91 Å². The highest BCUT2D eigenvalue weighted by Crippen LogP contribution is 2.37. The highest BCUT2D eigenvalue weighted by molar-refractivity contribution is 9.10. The quantitative estimate of drug-likeness (QED) is 0.788. The molecule has 0 saturated heterocycles. The van der Waals surface area contributed by atoms with Gasteiger partial charge >= 0.3 is 5.97 Å². The molecule has 0 bridgehead atoms. The van der Waals surface area contributed by atoms with Crippen molar-refractivity contribution in [3.63, 3.8) is 0 Å². The Labute approximate surface area is 144 Å². The van der Waals surface area contributed by atoms with E-state index in [0.717, 1.165) is 0 Å². The summed E-state index contributed by atoms with van der Waals surface area (Å²) in [6.07, 6.45) is 1.26. The highest BCUT2D eigenvalue weighted by atomic mass is 79.9. The SMILES string of the molecule is COC(=O)c1ncc(-c2ccc(Br)cc2F)c(NC(C)=O)c1Cl. The second kappa shape index (κ2) is 7.06. The van der Waals surface area contributed by atoms with E-state index in [4.69, 9.17) is 11.6 Å². The summed E-state index contributed by atoms with van der Waals surface area (Å²) in [7, 11) is 1.18. The molecule has 0 atom stereocenters. The number of nitrogens with zero attached hydrogens (tertiary/aromatic N) is 1. The summed E-state index contributed by atoms with van der Waals surface area (Å²) in [6.45, 7) is 1.27. The first-order valence-corrected chi connectivity index (χ1v) is 7.52. The van der Waals surface area contributed by atoms with E-state index in [0.29, 0.717) is 4.47 Å². The number of aromatic nitrogens is 1. The molecule has 0 aliphatic rings.